The predicted molar refractivity (Wildman–Crippen MR) is 53.2 cm³/mol. The molecule has 0 aliphatic heterocycles. The lowest BCUT2D eigenvalue weighted by Gasteiger charge is -2.00. The van der Waals surface area contributed by atoms with Gasteiger partial charge in [-0.3, -0.25) is 4.98 Å². The van der Waals surface area contributed by atoms with Gasteiger partial charge >= 0.3 is 5.97 Å². The molecule has 0 unspecified atom stereocenters. The zero-order chi connectivity index (χ0) is 11.5. The first-order valence-electron chi connectivity index (χ1n) is 4.41. The molecular weight excluding hydrogens is 212 g/mol. The number of carbonyl (C=O) groups is 1. The van der Waals surface area contributed by atoms with E-state index in [4.69, 9.17) is 14.4 Å². The van der Waals surface area contributed by atoms with E-state index in [0.717, 1.165) is 0 Å². The van der Waals surface area contributed by atoms with Crippen molar-refractivity contribution < 1.29 is 19.2 Å². The first-order valence-corrected chi connectivity index (χ1v) is 4.41. The van der Waals surface area contributed by atoms with Crippen molar-refractivity contribution in [2.75, 3.05) is 7.11 Å². The number of carboxylic acids is 1. The van der Waals surface area contributed by atoms with Crippen molar-refractivity contribution >= 4 is 5.97 Å². The standard InChI is InChI=1S/C10H8N2O4/c1-15-9-7(6-2-4-11-5-3-6)8(10(13)14)16-12-9/h2-5H,1H3,(H,13,14). The summed E-state index contributed by atoms with van der Waals surface area (Å²) < 4.78 is 9.65. The SMILES string of the molecule is COc1noc(C(=O)O)c1-c1ccncc1. The summed E-state index contributed by atoms with van der Waals surface area (Å²) in [5.74, 6) is -1.30. The van der Waals surface area contributed by atoms with Crippen molar-refractivity contribution in [1.82, 2.24) is 10.1 Å². The van der Waals surface area contributed by atoms with Crippen molar-refractivity contribution in [3.05, 3.63) is 30.3 Å². The molecule has 2 heterocycles. The lowest BCUT2D eigenvalue weighted by Crippen LogP contribution is -1.97. The van der Waals surface area contributed by atoms with E-state index in [2.05, 4.69) is 10.1 Å². The fraction of sp³-hybridized carbons (Fsp3) is 0.100. The van der Waals surface area contributed by atoms with E-state index >= 15 is 0 Å². The Morgan fingerprint density at radius 3 is 2.69 bits per heavy atom. The second-order valence-corrected chi connectivity index (χ2v) is 2.94. The van der Waals surface area contributed by atoms with Gasteiger partial charge in [-0.1, -0.05) is 0 Å². The maximum atomic E-state index is 10.9. The van der Waals surface area contributed by atoms with Crippen LogP contribution in [0.3, 0.4) is 0 Å². The summed E-state index contributed by atoms with van der Waals surface area (Å²) in [7, 11) is 1.40. The zero-order valence-electron chi connectivity index (χ0n) is 8.38. The largest absolute Gasteiger partial charge is 0.478 e. The van der Waals surface area contributed by atoms with Gasteiger partial charge in [0.05, 0.1) is 7.11 Å². The average molecular weight is 220 g/mol. The van der Waals surface area contributed by atoms with Crippen LogP contribution in [0.5, 0.6) is 5.88 Å². The predicted octanol–water partition coefficient (Wildman–Crippen LogP) is 1.44. The van der Waals surface area contributed by atoms with Gasteiger partial charge in [-0.15, -0.1) is 0 Å². The summed E-state index contributed by atoms with van der Waals surface area (Å²) in [6, 6.07) is 3.31. The van der Waals surface area contributed by atoms with Crippen LogP contribution in [0, 0.1) is 0 Å². The quantitative estimate of drug-likeness (QED) is 0.842. The summed E-state index contributed by atoms with van der Waals surface area (Å²) in [6.07, 6.45) is 3.10. The number of aromatic nitrogens is 2. The van der Waals surface area contributed by atoms with Gasteiger partial charge in [-0.25, -0.2) is 4.79 Å². The van der Waals surface area contributed by atoms with Gasteiger partial charge in [0.1, 0.15) is 5.56 Å². The van der Waals surface area contributed by atoms with Gasteiger partial charge in [0.15, 0.2) is 0 Å². The molecule has 6 heteroatoms. The van der Waals surface area contributed by atoms with Gasteiger partial charge in [0.25, 0.3) is 11.6 Å². The van der Waals surface area contributed by atoms with Crippen LogP contribution < -0.4 is 4.74 Å². The maximum absolute atomic E-state index is 10.9. The number of aromatic carboxylic acids is 1. The Balaban J connectivity index is 2.62. The van der Waals surface area contributed by atoms with Crippen molar-refractivity contribution in [3.8, 4) is 17.0 Å². The first-order chi connectivity index (χ1) is 7.74. The van der Waals surface area contributed by atoms with E-state index in [-0.39, 0.29) is 11.6 Å². The van der Waals surface area contributed by atoms with Crippen molar-refractivity contribution in [2.24, 2.45) is 0 Å². The third-order valence-electron chi connectivity index (χ3n) is 2.02. The number of rotatable bonds is 3. The van der Waals surface area contributed by atoms with E-state index in [9.17, 15) is 4.79 Å². The normalized spacial score (nSPS) is 10.1. The minimum Gasteiger partial charge on any atom is -0.478 e. The number of ether oxygens (including phenoxy) is 1. The van der Waals surface area contributed by atoms with Crippen LogP contribution >= 0.6 is 0 Å². The molecular formula is C10H8N2O4. The molecule has 0 spiro atoms. The molecule has 6 nitrogen and oxygen atoms in total. The van der Waals surface area contributed by atoms with E-state index in [1.165, 1.54) is 7.11 Å². The smallest absolute Gasteiger partial charge is 0.375 e. The third-order valence-corrected chi connectivity index (χ3v) is 2.02. The van der Waals surface area contributed by atoms with Gasteiger partial charge in [-0.2, -0.15) is 0 Å². The van der Waals surface area contributed by atoms with Crippen molar-refractivity contribution in [1.29, 1.82) is 0 Å². The topological polar surface area (TPSA) is 85.5 Å². The van der Waals surface area contributed by atoms with Gasteiger partial charge in [0, 0.05) is 12.4 Å². The van der Waals surface area contributed by atoms with Gasteiger partial charge in [-0.05, 0) is 22.9 Å². The van der Waals surface area contributed by atoms with Crippen LogP contribution in [0.2, 0.25) is 0 Å². The second kappa shape index (κ2) is 4.01. The highest BCUT2D eigenvalue weighted by molar-refractivity contribution is 5.94. The van der Waals surface area contributed by atoms with Crippen LogP contribution in [-0.2, 0) is 0 Å². The molecule has 0 atom stereocenters. The fourth-order valence-corrected chi connectivity index (χ4v) is 1.33. The molecule has 2 aromatic heterocycles. The third kappa shape index (κ3) is 1.60. The molecule has 0 bridgehead atoms. The van der Waals surface area contributed by atoms with E-state index in [0.29, 0.717) is 11.1 Å². The number of hydrogen-bond acceptors (Lipinski definition) is 5. The van der Waals surface area contributed by atoms with Crippen LogP contribution in [0.25, 0.3) is 11.1 Å². The second-order valence-electron chi connectivity index (χ2n) is 2.94. The molecule has 0 aliphatic carbocycles. The Morgan fingerprint density at radius 2 is 2.12 bits per heavy atom. The molecule has 2 aromatic rings. The zero-order valence-corrected chi connectivity index (χ0v) is 8.38. The first kappa shape index (κ1) is 10.2. The summed E-state index contributed by atoms with van der Waals surface area (Å²) in [5, 5.41) is 12.5. The molecule has 0 amide bonds. The summed E-state index contributed by atoms with van der Waals surface area (Å²) in [6.45, 7) is 0. The number of pyridine rings is 1. The lowest BCUT2D eigenvalue weighted by atomic mass is 10.1. The Hall–Kier alpha value is -2.37. The van der Waals surface area contributed by atoms with Crippen LogP contribution in [0.15, 0.2) is 29.0 Å². The Kier molecular flexibility index (Phi) is 2.55. The monoisotopic (exact) mass is 220 g/mol. The molecule has 2 rings (SSSR count). The van der Waals surface area contributed by atoms with E-state index in [1.54, 1.807) is 24.5 Å². The van der Waals surface area contributed by atoms with Crippen LogP contribution in [0.1, 0.15) is 10.6 Å². The molecule has 0 fully saturated rings. The van der Waals surface area contributed by atoms with E-state index in [1.807, 2.05) is 0 Å². The van der Waals surface area contributed by atoms with Gasteiger partial charge in [0.2, 0.25) is 0 Å². The summed E-state index contributed by atoms with van der Waals surface area (Å²) in [4.78, 5) is 14.8. The number of nitrogens with zero attached hydrogens (tertiary/aromatic N) is 2. The highest BCUT2D eigenvalue weighted by Gasteiger charge is 2.23. The molecule has 0 saturated heterocycles. The van der Waals surface area contributed by atoms with E-state index < -0.39 is 5.97 Å². The summed E-state index contributed by atoms with van der Waals surface area (Å²) >= 11 is 0. The highest BCUT2D eigenvalue weighted by Crippen LogP contribution is 2.32. The number of methoxy groups -OCH3 is 1. The van der Waals surface area contributed by atoms with Crippen molar-refractivity contribution in [3.63, 3.8) is 0 Å². The average Bonchev–Trinajstić information content (AvgIpc) is 2.73. The molecule has 82 valence electrons. The fourth-order valence-electron chi connectivity index (χ4n) is 1.33. The Labute approximate surface area is 90.5 Å². The van der Waals surface area contributed by atoms with Gasteiger partial charge < -0.3 is 14.4 Å². The molecule has 0 aromatic carbocycles. The van der Waals surface area contributed by atoms with Crippen LogP contribution in [0.4, 0.5) is 0 Å². The molecule has 16 heavy (non-hydrogen) atoms. The van der Waals surface area contributed by atoms with Crippen LogP contribution in [-0.4, -0.2) is 28.3 Å². The molecule has 1 N–H and O–H groups in total. The maximum Gasteiger partial charge on any atom is 0.375 e. The minimum atomic E-state index is -1.19. The highest BCUT2D eigenvalue weighted by atomic mass is 16.5. The summed E-state index contributed by atoms with van der Waals surface area (Å²) in [5.41, 5.74) is 0.947. The minimum absolute atomic E-state index is 0.142. The Bertz CT molecular complexity index is 507. The lowest BCUT2D eigenvalue weighted by molar-refractivity contribution is 0.0653. The molecule has 0 saturated carbocycles. The number of carboxylic acid groups (broad SMARTS) is 1. The number of hydrogen-bond donors (Lipinski definition) is 1. The molecule has 0 radical (unpaired) electrons. The van der Waals surface area contributed by atoms with Crippen molar-refractivity contribution in [2.45, 2.75) is 0 Å². The Morgan fingerprint density at radius 1 is 1.44 bits per heavy atom. The molecule has 0 aliphatic rings.